The molecule has 0 saturated carbocycles. The minimum atomic E-state index is 0. The van der Waals surface area contributed by atoms with E-state index in [4.69, 9.17) is 11.8 Å². The molecule has 1 rings (SSSR count). The average Bonchev–Trinajstić information content (AvgIpc) is 1.89. The van der Waals surface area contributed by atoms with Crippen LogP contribution in [0.4, 0.5) is 0 Å². The summed E-state index contributed by atoms with van der Waals surface area (Å²) in [5.74, 6) is 0. The van der Waals surface area contributed by atoms with Gasteiger partial charge in [-0.3, -0.25) is 9.21 Å². The van der Waals surface area contributed by atoms with Crippen molar-refractivity contribution < 1.29 is 4.79 Å². The molecular weight excluding hydrogens is 173 g/mol. The lowest BCUT2D eigenvalue weighted by molar-refractivity contribution is -0.105. The molecule has 10 heavy (non-hydrogen) atoms. The quantitative estimate of drug-likeness (QED) is 0.450. The number of aldehydes is 1. The minimum absolute atomic E-state index is 0. The summed E-state index contributed by atoms with van der Waals surface area (Å²) >= 11 is 5.57. The first-order valence-electron chi connectivity index (χ1n) is 2.60. The monoisotopic (exact) mass is 179 g/mol. The molecule has 1 heterocycles. The van der Waals surface area contributed by atoms with Crippen molar-refractivity contribution in [1.29, 1.82) is 0 Å². The predicted octanol–water partition coefficient (Wildman–Crippen LogP) is 1.52. The van der Waals surface area contributed by atoms with Gasteiger partial charge in [0, 0.05) is 11.8 Å². The summed E-state index contributed by atoms with van der Waals surface area (Å²) < 4.78 is 1.37. The maximum absolute atomic E-state index is 10.1. The van der Waals surface area contributed by atoms with Crippen LogP contribution in [-0.2, 0) is 4.79 Å². The fourth-order valence-corrected chi connectivity index (χ4v) is 0.779. The van der Waals surface area contributed by atoms with Gasteiger partial charge < -0.3 is 0 Å². The molecule has 0 N–H and O–H groups in total. The summed E-state index contributed by atoms with van der Waals surface area (Å²) in [4.78, 5) is 10.1. The van der Waals surface area contributed by atoms with E-state index in [2.05, 4.69) is 0 Å². The molecule has 0 radical (unpaired) electrons. The molecule has 4 heteroatoms. The molecule has 0 aromatic rings. The minimum Gasteiger partial charge on any atom is -0.296 e. The van der Waals surface area contributed by atoms with Gasteiger partial charge in [-0.15, -0.1) is 12.4 Å². The van der Waals surface area contributed by atoms with Gasteiger partial charge in [-0.25, -0.2) is 0 Å². The zero-order chi connectivity index (χ0) is 6.69. The number of nitrogens with zero attached hydrogens (tertiary/aromatic N) is 1. The number of halogens is 2. The van der Waals surface area contributed by atoms with E-state index in [1.807, 2.05) is 12.2 Å². The van der Waals surface area contributed by atoms with E-state index in [0.29, 0.717) is 12.2 Å². The third-order valence-electron chi connectivity index (χ3n) is 1.07. The highest BCUT2D eigenvalue weighted by Gasteiger charge is 2.04. The van der Waals surface area contributed by atoms with Crippen molar-refractivity contribution in [3.8, 4) is 0 Å². The number of allylic oxidation sites excluding steroid dienone is 3. The van der Waals surface area contributed by atoms with Crippen molar-refractivity contribution in [3.05, 3.63) is 23.9 Å². The summed E-state index contributed by atoms with van der Waals surface area (Å²) in [6.07, 6.45) is 6.09. The molecule has 0 unspecified atom stereocenters. The van der Waals surface area contributed by atoms with Crippen molar-refractivity contribution in [3.63, 3.8) is 0 Å². The van der Waals surface area contributed by atoms with Crippen LogP contribution in [0.25, 0.3) is 0 Å². The van der Waals surface area contributed by atoms with Crippen LogP contribution in [0.5, 0.6) is 0 Å². The molecule has 0 aromatic carbocycles. The number of carbonyl (C=O) groups excluding carboxylic acids is 1. The Morgan fingerprint density at radius 2 is 2.40 bits per heavy atom. The average molecular weight is 180 g/mol. The van der Waals surface area contributed by atoms with Crippen LogP contribution in [0.3, 0.4) is 0 Å². The van der Waals surface area contributed by atoms with Crippen LogP contribution < -0.4 is 0 Å². The fourth-order valence-electron chi connectivity index (χ4n) is 0.603. The van der Waals surface area contributed by atoms with Gasteiger partial charge in [0.2, 0.25) is 0 Å². The highest BCUT2D eigenvalue weighted by atomic mass is 35.5. The van der Waals surface area contributed by atoms with Crippen molar-refractivity contribution in [1.82, 2.24) is 4.42 Å². The molecule has 0 fully saturated rings. The Morgan fingerprint density at radius 1 is 1.70 bits per heavy atom. The molecule has 0 saturated heterocycles. The Kier molecular flexibility index (Phi) is 4.16. The predicted molar refractivity (Wildman–Crippen MR) is 43.1 cm³/mol. The van der Waals surface area contributed by atoms with Gasteiger partial charge in [-0.2, -0.15) is 0 Å². The highest BCUT2D eigenvalue weighted by molar-refractivity contribution is 6.16. The lowest BCUT2D eigenvalue weighted by atomic mass is 10.3. The van der Waals surface area contributed by atoms with E-state index in [0.717, 1.165) is 6.29 Å². The molecule has 56 valence electrons. The maximum atomic E-state index is 10.1. The molecule has 0 spiro atoms. The Balaban J connectivity index is 0.000000810. The molecule has 2 nitrogen and oxygen atoms in total. The van der Waals surface area contributed by atoms with Gasteiger partial charge in [0.25, 0.3) is 0 Å². The van der Waals surface area contributed by atoms with E-state index in [1.54, 1.807) is 6.08 Å². The topological polar surface area (TPSA) is 20.3 Å². The third kappa shape index (κ3) is 2.05. The molecule has 0 atom stereocenters. The van der Waals surface area contributed by atoms with Gasteiger partial charge in [0.1, 0.15) is 0 Å². The second kappa shape index (κ2) is 4.36. The number of rotatable bonds is 1. The second-order valence-electron chi connectivity index (χ2n) is 1.68. The van der Waals surface area contributed by atoms with E-state index in [9.17, 15) is 4.79 Å². The molecular formula is C6H7Cl2NO. The SMILES string of the molecule is Cl.O=CC1=CC=CCN1Cl. The van der Waals surface area contributed by atoms with Crippen molar-refractivity contribution in [2.45, 2.75) is 0 Å². The standard InChI is InChI=1S/C6H6ClNO.ClH/c7-8-4-2-1-3-6(8)5-9;/h1-3,5H,4H2;1H. The van der Waals surface area contributed by atoms with Crippen LogP contribution in [-0.4, -0.2) is 17.2 Å². The normalized spacial score (nSPS) is 15.7. The van der Waals surface area contributed by atoms with Crippen molar-refractivity contribution >= 4 is 30.5 Å². The molecule has 0 aliphatic carbocycles. The largest absolute Gasteiger partial charge is 0.296 e. The van der Waals surface area contributed by atoms with Crippen LogP contribution in [0.1, 0.15) is 0 Å². The zero-order valence-corrected chi connectivity index (χ0v) is 6.73. The van der Waals surface area contributed by atoms with Crippen LogP contribution >= 0.6 is 24.2 Å². The smallest absolute Gasteiger partial charge is 0.167 e. The van der Waals surface area contributed by atoms with Gasteiger partial charge >= 0.3 is 0 Å². The van der Waals surface area contributed by atoms with Gasteiger partial charge in [-0.05, 0) is 6.08 Å². The molecule has 1 aliphatic rings. The Bertz CT molecular complexity index is 177. The number of carbonyl (C=O) groups is 1. The number of hydrogen-bond donors (Lipinski definition) is 0. The molecule has 0 bridgehead atoms. The first kappa shape index (κ1) is 9.53. The third-order valence-corrected chi connectivity index (χ3v) is 1.40. The Labute approximate surface area is 70.7 Å². The zero-order valence-electron chi connectivity index (χ0n) is 5.16. The lowest BCUT2D eigenvalue weighted by Gasteiger charge is -2.14. The lowest BCUT2D eigenvalue weighted by Crippen LogP contribution is -2.14. The Morgan fingerprint density at radius 3 is 2.80 bits per heavy atom. The number of hydrogen-bond acceptors (Lipinski definition) is 2. The summed E-state index contributed by atoms with van der Waals surface area (Å²) in [6, 6.07) is 0. The summed E-state index contributed by atoms with van der Waals surface area (Å²) in [5.41, 5.74) is 0.513. The van der Waals surface area contributed by atoms with Crippen LogP contribution in [0.2, 0.25) is 0 Å². The van der Waals surface area contributed by atoms with E-state index < -0.39 is 0 Å². The highest BCUT2D eigenvalue weighted by Crippen LogP contribution is 2.08. The van der Waals surface area contributed by atoms with Gasteiger partial charge in [-0.1, -0.05) is 12.2 Å². The van der Waals surface area contributed by atoms with E-state index >= 15 is 0 Å². The first-order chi connectivity index (χ1) is 4.34. The first-order valence-corrected chi connectivity index (χ1v) is 2.93. The summed E-state index contributed by atoms with van der Waals surface area (Å²) in [6.45, 7) is 0.603. The Hall–Kier alpha value is -0.470. The van der Waals surface area contributed by atoms with Gasteiger partial charge in [0.15, 0.2) is 6.29 Å². The summed E-state index contributed by atoms with van der Waals surface area (Å²) in [7, 11) is 0. The maximum Gasteiger partial charge on any atom is 0.167 e. The van der Waals surface area contributed by atoms with E-state index in [-0.39, 0.29) is 12.4 Å². The van der Waals surface area contributed by atoms with Crippen LogP contribution in [0.15, 0.2) is 23.9 Å². The second-order valence-corrected chi connectivity index (χ2v) is 2.09. The van der Waals surface area contributed by atoms with Crippen molar-refractivity contribution in [2.24, 2.45) is 0 Å². The fraction of sp³-hybridized carbons (Fsp3) is 0.167. The molecule has 1 aliphatic heterocycles. The van der Waals surface area contributed by atoms with Gasteiger partial charge in [0.05, 0.1) is 12.2 Å². The van der Waals surface area contributed by atoms with Crippen LogP contribution in [0, 0.1) is 0 Å². The van der Waals surface area contributed by atoms with E-state index in [1.165, 1.54) is 4.42 Å². The molecule has 0 aromatic heterocycles. The molecule has 0 amide bonds. The summed E-state index contributed by atoms with van der Waals surface area (Å²) in [5, 5.41) is 0. The van der Waals surface area contributed by atoms with Crippen molar-refractivity contribution in [2.75, 3.05) is 6.54 Å².